The topological polar surface area (TPSA) is 24.7 Å². The first-order valence-electron chi connectivity index (χ1n) is 8.05. The van der Waals surface area contributed by atoms with E-state index in [1.807, 2.05) is 36.4 Å². The van der Waals surface area contributed by atoms with Crippen LogP contribution in [-0.2, 0) is 10.8 Å². The lowest BCUT2D eigenvalue weighted by molar-refractivity contribution is 0.591. The molecule has 0 aliphatic heterocycles. The summed E-state index contributed by atoms with van der Waals surface area (Å²) < 4.78 is 0. The van der Waals surface area contributed by atoms with Gasteiger partial charge in [0.25, 0.3) is 0 Å². The molecule has 0 saturated carbocycles. The van der Waals surface area contributed by atoms with E-state index >= 15 is 0 Å². The van der Waals surface area contributed by atoms with E-state index in [9.17, 15) is 0 Å². The summed E-state index contributed by atoms with van der Waals surface area (Å²) in [6.45, 7) is 13.1. The van der Waals surface area contributed by atoms with Gasteiger partial charge in [0.2, 0.25) is 0 Å². The Balaban J connectivity index is 2.42. The van der Waals surface area contributed by atoms with Crippen molar-refractivity contribution in [3.63, 3.8) is 0 Å². The second-order valence-corrected chi connectivity index (χ2v) is 7.86. The first-order valence-corrected chi connectivity index (χ1v) is 8.05. The SMILES string of the molecule is CC(C)(C)c1ccccc1N=C=Nc1ccccc1C(C)(C)C. The fourth-order valence-electron chi connectivity index (χ4n) is 2.54. The van der Waals surface area contributed by atoms with E-state index in [0.717, 1.165) is 11.4 Å². The Labute approximate surface area is 140 Å². The molecule has 0 saturated heterocycles. The van der Waals surface area contributed by atoms with Crippen LogP contribution in [0.5, 0.6) is 0 Å². The van der Waals surface area contributed by atoms with E-state index in [4.69, 9.17) is 0 Å². The van der Waals surface area contributed by atoms with Crippen molar-refractivity contribution in [1.29, 1.82) is 0 Å². The van der Waals surface area contributed by atoms with E-state index < -0.39 is 0 Å². The van der Waals surface area contributed by atoms with Crippen LogP contribution in [0.15, 0.2) is 58.5 Å². The molecule has 120 valence electrons. The van der Waals surface area contributed by atoms with Gasteiger partial charge < -0.3 is 0 Å². The third kappa shape index (κ3) is 4.40. The summed E-state index contributed by atoms with van der Waals surface area (Å²) in [6.07, 6.45) is 0. The van der Waals surface area contributed by atoms with Gasteiger partial charge in [0.05, 0.1) is 11.4 Å². The van der Waals surface area contributed by atoms with Gasteiger partial charge in [-0.05, 0) is 34.1 Å². The van der Waals surface area contributed by atoms with E-state index in [1.54, 1.807) is 0 Å². The van der Waals surface area contributed by atoms with Crippen LogP contribution in [0.1, 0.15) is 52.7 Å². The zero-order valence-electron chi connectivity index (χ0n) is 15.0. The number of benzene rings is 2. The number of hydrogen-bond donors (Lipinski definition) is 0. The second-order valence-electron chi connectivity index (χ2n) is 7.86. The Morgan fingerprint density at radius 2 is 0.957 bits per heavy atom. The first kappa shape index (κ1) is 17.2. The predicted molar refractivity (Wildman–Crippen MR) is 99.5 cm³/mol. The second kappa shape index (κ2) is 6.52. The summed E-state index contributed by atoms with van der Waals surface area (Å²) in [4.78, 5) is 8.95. The van der Waals surface area contributed by atoms with Crippen LogP contribution >= 0.6 is 0 Å². The molecule has 0 unspecified atom stereocenters. The normalized spacial score (nSPS) is 11.7. The molecule has 2 aromatic carbocycles. The van der Waals surface area contributed by atoms with E-state index in [-0.39, 0.29) is 10.8 Å². The van der Waals surface area contributed by atoms with Crippen molar-refractivity contribution in [3.05, 3.63) is 59.7 Å². The minimum absolute atomic E-state index is 0.0467. The van der Waals surface area contributed by atoms with Crippen LogP contribution in [0.4, 0.5) is 11.4 Å². The summed E-state index contributed by atoms with van der Waals surface area (Å²) in [5, 5.41) is 0. The number of rotatable bonds is 2. The maximum absolute atomic E-state index is 4.47. The van der Waals surface area contributed by atoms with Gasteiger partial charge in [-0.2, -0.15) is 9.98 Å². The minimum atomic E-state index is 0.0467. The molecule has 0 heterocycles. The van der Waals surface area contributed by atoms with Crippen molar-refractivity contribution >= 4 is 17.4 Å². The highest BCUT2D eigenvalue weighted by atomic mass is 14.8. The molecule has 0 N–H and O–H groups in total. The van der Waals surface area contributed by atoms with Crippen molar-refractivity contribution in [2.24, 2.45) is 9.98 Å². The van der Waals surface area contributed by atoms with Crippen LogP contribution in [0.3, 0.4) is 0 Å². The number of hydrogen-bond acceptors (Lipinski definition) is 2. The number of para-hydroxylation sites is 2. The molecule has 0 aliphatic carbocycles. The van der Waals surface area contributed by atoms with Crippen LogP contribution < -0.4 is 0 Å². The van der Waals surface area contributed by atoms with Crippen LogP contribution in [0.25, 0.3) is 0 Å². The van der Waals surface area contributed by atoms with Gasteiger partial charge in [-0.3, -0.25) is 0 Å². The average molecular weight is 306 g/mol. The Hall–Kier alpha value is -2.18. The van der Waals surface area contributed by atoms with Gasteiger partial charge in [0.15, 0.2) is 0 Å². The fraction of sp³-hybridized carbons (Fsp3) is 0.381. The maximum atomic E-state index is 4.47. The highest BCUT2D eigenvalue weighted by Crippen LogP contribution is 2.32. The number of aliphatic imine (C=N–C) groups is 2. The maximum Gasteiger partial charge on any atom is 0.100 e. The minimum Gasteiger partial charge on any atom is -0.187 e. The molecule has 23 heavy (non-hydrogen) atoms. The quantitative estimate of drug-likeness (QED) is 0.572. The zero-order valence-corrected chi connectivity index (χ0v) is 15.0. The highest BCUT2D eigenvalue weighted by molar-refractivity contribution is 5.63. The van der Waals surface area contributed by atoms with Crippen LogP contribution in [-0.4, -0.2) is 6.01 Å². The van der Waals surface area contributed by atoms with Crippen molar-refractivity contribution in [2.75, 3.05) is 0 Å². The Bertz CT molecular complexity index is 675. The van der Waals surface area contributed by atoms with Gasteiger partial charge in [-0.1, -0.05) is 77.9 Å². The molecule has 0 spiro atoms. The smallest absolute Gasteiger partial charge is 0.100 e. The van der Waals surface area contributed by atoms with Gasteiger partial charge in [0, 0.05) is 0 Å². The van der Waals surface area contributed by atoms with Crippen molar-refractivity contribution in [2.45, 2.75) is 52.4 Å². The largest absolute Gasteiger partial charge is 0.187 e. The lowest BCUT2D eigenvalue weighted by atomic mass is 9.86. The highest BCUT2D eigenvalue weighted by Gasteiger charge is 2.18. The van der Waals surface area contributed by atoms with E-state index in [2.05, 4.69) is 69.7 Å². The monoisotopic (exact) mass is 306 g/mol. The Morgan fingerprint density at radius 1 is 0.609 bits per heavy atom. The van der Waals surface area contributed by atoms with Crippen LogP contribution in [0.2, 0.25) is 0 Å². The first-order chi connectivity index (χ1) is 10.7. The van der Waals surface area contributed by atoms with Crippen molar-refractivity contribution < 1.29 is 0 Å². The molecule has 0 bridgehead atoms. The van der Waals surface area contributed by atoms with Gasteiger partial charge in [-0.25, -0.2) is 0 Å². The molecule has 0 fully saturated rings. The molecular formula is C21H26N2. The summed E-state index contributed by atoms with van der Waals surface area (Å²) in [5.41, 5.74) is 4.35. The standard InChI is InChI=1S/C21H26N2/c1-20(2,3)16-11-7-9-13-18(16)22-15-23-19-14-10-8-12-17(19)21(4,5)6/h7-14H,1-6H3. The summed E-state index contributed by atoms with van der Waals surface area (Å²) in [7, 11) is 0. The lowest BCUT2D eigenvalue weighted by Crippen LogP contribution is -2.11. The van der Waals surface area contributed by atoms with Gasteiger partial charge >= 0.3 is 0 Å². The van der Waals surface area contributed by atoms with E-state index in [0.29, 0.717) is 0 Å². The molecule has 0 radical (unpaired) electrons. The van der Waals surface area contributed by atoms with E-state index in [1.165, 1.54) is 11.1 Å². The van der Waals surface area contributed by atoms with Gasteiger partial charge in [-0.15, -0.1) is 0 Å². The summed E-state index contributed by atoms with van der Waals surface area (Å²) in [5.74, 6) is 0. The van der Waals surface area contributed by atoms with Crippen molar-refractivity contribution in [3.8, 4) is 0 Å². The lowest BCUT2D eigenvalue weighted by Gasteiger charge is -2.20. The fourth-order valence-corrected chi connectivity index (χ4v) is 2.54. The molecule has 2 rings (SSSR count). The molecule has 2 aromatic rings. The molecule has 0 aliphatic rings. The number of nitrogens with zero attached hydrogens (tertiary/aromatic N) is 2. The third-order valence-corrected chi connectivity index (χ3v) is 3.77. The molecule has 2 heteroatoms. The summed E-state index contributed by atoms with van der Waals surface area (Å²) in [6, 6.07) is 19.2. The van der Waals surface area contributed by atoms with Gasteiger partial charge in [0.1, 0.15) is 6.01 Å². The zero-order chi connectivity index (χ0) is 17.1. The van der Waals surface area contributed by atoms with Crippen molar-refractivity contribution in [1.82, 2.24) is 0 Å². The summed E-state index contributed by atoms with van der Waals surface area (Å²) >= 11 is 0. The molecule has 0 amide bonds. The molecule has 0 atom stereocenters. The Kier molecular flexibility index (Phi) is 4.87. The Morgan fingerprint density at radius 3 is 1.30 bits per heavy atom. The molecular weight excluding hydrogens is 280 g/mol. The molecule has 0 aromatic heterocycles. The average Bonchev–Trinajstić information content (AvgIpc) is 2.46. The molecule has 2 nitrogen and oxygen atoms in total. The third-order valence-electron chi connectivity index (χ3n) is 3.77. The van der Waals surface area contributed by atoms with Crippen LogP contribution in [0, 0.1) is 0 Å². The predicted octanol–water partition coefficient (Wildman–Crippen LogP) is 6.42.